The van der Waals surface area contributed by atoms with Crippen molar-refractivity contribution in [3.05, 3.63) is 47.3 Å². The fourth-order valence-electron chi connectivity index (χ4n) is 3.89. The molecule has 1 aromatic carbocycles. The number of morpholine rings is 1. The van der Waals surface area contributed by atoms with Crippen LogP contribution in [-0.4, -0.2) is 65.3 Å². The summed E-state index contributed by atoms with van der Waals surface area (Å²) in [5, 5.41) is 8.31. The van der Waals surface area contributed by atoms with Gasteiger partial charge in [-0.3, -0.25) is 4.79 Å². The van der Waals surface area contributed by atoms with Crippen molar-refractivity contribution in [3.63, 3.8) is 0 Å². The highest BCUT2D eigenvalue weighted by molar-refractivity contribution is 7.99. The number of ketones is 1. The van der Waals surface area contributed by atoms with Crippen LogP contribution in [0, 0.1) is 13.8 Å². The molecule has 33 heavy (non-hydrogen) atoms. The molecule has 3 heterocycles. The molecule has 0 aliphatic carbocycles. The number of carbonyl (C=O) groups excluding carboxylic acids is 1. The number of hydrogen-bond donors (Lipinski definition) is 0. The zero-order valence-electron chi connectivity index (χ0n) is 18.8. The Balaban J connectivity index is 1.46. The van der Waals surface area contributed by atoms with Gasteiger partial charge >= 0.3 is 0 Å². The van der Waals surface area contributed by atoms with Crippen molar-refractivity contribution in [2.24, 2.45) is 0 Å². The van der Waals surface area contributed by atoms with Crippen molar-refractivity contribution in [3.8, 4) is 11.5 Å². The van der Waals surface area contributed by atoms with E-state index in [1.54, 1.807) is 18.2 Å². The van der Waals surface area contributed by atoms with E-state index in [4.69, 9.17) is 9.15 Å². The Labute approximate surface area is 197 Å². The Hall–Kier alpha value is -2.47. The number of aryl methyl sites for hydroxylation is 1. The van der Waals surface area contributed by atoms with Crippen molar-refractivity contribution >= 4 is 27.6 Å². The molecule has 3 aromatic rings. The summed E-state index contributed by atoms with van der Waals surface area (Å²) >= 11 is 1.16. The molecule has 4 rings (SSSR count). The van der Waals surface area contributed by atoms with Gasteiger partial charge < -0.3 is 13.7 Å². The molecule has 0 amide bonds. The van der Waals surface area contributed by atoms with E-state index in [0.29, 0.717) is 37.4 Å². The van der Waals surface area contributed by atoms with E-state index < -0.39 is 10.0 Å². The molecule has 11 heteroatoms. The fraction of sp³-hybridized carbons (Fsp3) is 0.409. The van der Waals surface area contributed by atoms with Crippen molar-refractivity contribution in [2.45, 2.75) is 37.4 Å². The van der Waals surface area contributed by atoms with Gasteiger partial charge in [-0.1, -0.05) is 17.8 Å². The summed E-state index contributed by atoms with van der Waals surface area (Å²) in [4.78, 5) is 12.9. The summed E-state index contributed by atoms with van der Waals surface area (Å²) in [6.07, 6.45) is 0. The first-order valence-corrected chi connectivity index (χ1v) is 13.1. The first kappa shape index (κ1) is 23.7. The maximum Gasteiger partial charge on any atom is 0.277 e. The third-order valence-corrected chi connectivity index (χ3v) is 8.33. The van der Waals surface area contributed by atoms with Gasteiger partial charge in [-0.25, -0.2) is 8.42 Å². The van der Waals surface area contributed by atoms with Crippen LogP contribution in [0.2, 0.25) is 0 Å². The van der Waals surface area contributed by atoms with Gasteiger partial charge in [0.05, 0.1) is 23.9 Å². The largest absolute Gasteiger partial charge is 0.411 e. The number of hydrogen-bond acceptors (Lipinski definition) is 8. The second-order valence-corrected chi connectivity index (χ2v) is 10.5. The molecule has 0 spiro atoms. The third kappa shape index (κ3) is 4.91. The molecule has 9 nitrogen and oxygen atoms in total. The number of carbonyl (C=O) groups is 1. The third-order valence-electron chi connectivity index (χ3n) is 5.61. The zero-order valence-corrected chi connectivity index (χ0v) is 20.4. The second kappa shape index (κ2) is 9.80. The second-order valence-electron chi connectivity index (χ2n) is 7.66. The van der Waals surface area contributed by atoms with E-state index in [1.807, 2.05) is 26.8 Å². The van der Waals surface area contributed by atoms with E-state index in [-0.39, 0.29) is 27.5 Å². The quantitative estimate of drug-likeness (QED) is 0.350. The van der Waals surface area contributed by atoms with Crippen LogP contribution in [0.15, 0.2) is 44.9 Å². The molecule has 1 saturated heterocycles. The van der Waals surface area contributed by atoms with Crippen LogP contribution in [0.3, 0.4) is 0 Å². The minimum Gasteiger partial charge on any atom is -0.411 e. The van der Waals surface area contributed by atoms with Crippen LogP contribution in [0.25, 0.3) is 11.5 Å². The van der Waals surface area contributed by atoms with E-state index in [9.17, 15) is 13.2 Å². The lowest BCUT2D eigenvalue weighted by Gasteiger charge is -2.26. The summed E-state index contributed by atoms with van der Waals surface area (Å²) in [5.74, 6) is 0.362. The summed E-state index contributed by atoms with van der Waals surface area (Å²) < 4.78 is 40.3. The van der Waals surface area contributed by atoms with Crippen LogP contribution in [0.5, 0.6) is 0 Å². The van der Waals surface area contributed by atoms with Crippen LogP contribution < -0.4 is 0 Å². The minimum atomic E-state index is -3.63. The minimum absolute atomic E-state index is 0.00819. The molecule has 0 saturated carbocycles. The molecular formula is C22H26N4O5S2. The SMILES string of the molecule is CCn1c(C)cc(C(=O)CSc2nnc(-c3cccc(S(=O)(=O)N4CCOCC4)c3)o2)c1C. The molecule has 0 radical (unpaired) electrons. The van der Waals surface area contributed by atoms with Gasteiger partial charge in [0.1, 0.15) is 0 Å². The van der Waals surface area contributed by atoms with E-state index in [1.165, 1.54) is 10.4 Å². The lowest BCUT2D eigenvalue weighted by molar-refractivity contribution is 0.0730. The summed E-state index contributed by atoms with van der Waals surface area (Å²) in [6, 6.07) is 8.34. The maximum atomic E-state index is 12.9. The van der Waals surface area contributed by atoms with Gasteiger partial charge in [0.15, 0.2) is 5.78 Å². The standard InChI is InChI=1S/C22H26N4O5S2/c1-4-26-15(2)12-19(16(26)3)20(27)14-32-22-24-23-21(31-22)17-6-5-7-18(13-17)33(28,29)25-8-10-30-11-9-25/h5-7,12-13H,4,8-11,14H2,1-3H3. The van der Waals surface area contributed by atoms with Crippen LogP contribution in [0.4, 0.5) is 0 Å². The molecule has 1 fully saturated rings. The Morgan fingerprint density at radius 3 is 2.61 bits per heavy atom. The number of Topliss-reactive ketones (excluding diaryl/α,β-unsaturated/α-hetero) is 1. The first-order valence-electron chi connectivity index (χ1n) is 10.7. The number of rotatable bonds is 8. The van der Waals surface area contributed by atoms with Crippen molar-refractivity contribution in [2.75, 3.05) is 32.1 Å². The highest BCUT2D eigenvalue weighted by Gasteiger charge is 2.27. The van der Waals surface area contributed by atoms with Gasteiger partial charge in [-0.05, 0) is 45.0 Å². The Morgan fingerprint density at radius 2 is 1.91 bits per heavy atom. The number of aromatic nitrogens is 3. The molecule has 0 bridgehead atoms. The maximum absolute atomic E-state index is 12.9. The monoisotopic (exact) mass is 490 g/mol. The average molecular weight is 491 g/mol. The molecule has 176 valence electrons. The van der Waals surface area contributed by atoms with Crippen LogP contribution in [-0.2, 0) is 21.3 Å². The van der Waals surface area contributed by atoms with Gasteiger partial charge in [-0.2, -0.15) is 4.31 Å². The Morgan fingerprint density at radius 1 is 1.15 bits per heavy atom. The van der Waals surface area contributed by atoms with Crippen molar-refractivity contribution in [1.82, 2.24) is 19.1 Å². The predicted octanol–water partition coefficient (Wildman–Crippen LogP) is 3.17. The molecule has 1 aliphatic heterocycles. The lowest BCUT2D eigenvalue weighted by Crippen LogP contribution is -2.40. The van der Waals surface area contributed by atoms with Gasteiger partial charge in [-0.15, -0.1) is 10.2 Å². The smallest absolute Gasteiger partial charge is 0.277 e. The zero-order chi connectivity index (χ0) is 23.6. The number of benzene rings is 1. The summed E-state index contributed by atoms with van der Waals surface area (Å²) in [5.41, 5.74) is 3.20. The molecule has 2 aromatic heterocycles. The van der Waals surface area contributed by atoms with Crippen LogP contribution >= 0.6 is 11.8 Å². The molecular weight excluding hydrogens is 464 g/mol. The van der Waals surface area contributed by atoms with Crippen molar-refractivity contribution < 1.29 is 22.4 Å². The van der Waals surface area contributed by atoms with E-state index >= 15 is 0 Å². The van der Waals surface area contributed by atoms with Gasteiger partial charge in [0.2, 0.25) is 15.9 Å². The summed E-state index contributed by atoms with van der Waals surface area (Å²) in [7, 11) is -3.63. The van der Waals surface area contributed by atoms with Gasteiger partial charge in [0.25, 0.3) is 5.22 Å². The lowest BCUT2D eigenvalue weighted by atomic mass is 10.2. The molecule has 1 aliphatic rings. The fourth-order valence-corrected chi connectivity index (χ4v) is 5.99. The number of sulfonamides is 1. The van der Waals surface area contributed by atoms with Crippen LogP contribution in [0.1, 0.15) is 28.7 Å². The molecule has 0 atom stereocenters. The normalized spacial score (nSPS) is 15.1. The van der Waals surface area contributed by atoms with Gasteiger partial charge in [0, 0.05) is 42.1 Å². The Kier molecular flexibility index (Phi) is 7.03. The Bertz CT molecular complexity index is 1260. The first-order chi connectivity index (χ1) is 15.8. The number of ether oxygens (including phenoxy) is 1. The van der Waals surface area contributed by atoms with Crippen molar-refractivity contribution in [1.29, 1.82) is 0 Å². The topological polar surface area (TPSA) is 108 Å². The number of thioether (sulfide) groups is 1. The molecule has 0 N–H and O–H groups in total. The average Bonchev–Trinajstić information content (AvgIpc) is 3.42. The number of nitrogens with zero attached hydrogens (tertiary/aromatic N) is 4. The highest BCUT2D eigenvalue weighted by atomic mass is 32.2. The van der Waals surface area contributed by atoms with E-state index in [0.717, 1.165) is 29.7 Å². The predicted molar refractivity (Wildman–Crippen MR) is 124 cm³/mol. The summed E-state index contributed by atoms with van der Waals surface area (Å²) in [6.45, 7) is 8.18. The highest BCUT2D eigenvalue weighted by Crippen LogP contribution is 2.27. The molecule has 0 unspecified atom stereocenters. The van der Waals surface area contributed by atoms with E-state index in [2.05, 4.69) is 14.8 Å².